The molecule has 3 unspecified atom stereocenters. The smallest absolute Gasteiger partial charge is 0.0902 e. The van der Waals surface area contributed by atoms with Crippen molar-refractivity contribution in [1.29, 1.82) is 0 Å². The van der Waals surface area contributed by atoms with E-state index in [1.807, 2.05) is 20.8 Å². The molecule has 0 radical (unpaired) electrons. The van der Waals surface area contributed by atoms with Crippen LogP contribution in [0, 0.1) is 5.92 Å². The van der Waals surface area contributed by atoms with Crippen LogP contribution in [0.3, 0.4) is 0 Å². The van der Waals surface area contributed by atoms with Crippen LogP contribution >= 0.6 is 0 Å². The van der Waals surface area contributed by atoms with Gasteiger partial charge in [0.25, 0.3) is 0 Å². The van der Waals surface area contributed by atoms with Gasteiger partial charge in [-0.3, -0.25) is 0 Å². The van der Waals surface area contributed by atoms with Gasteiger partial charge in [0, 0.05) is 0 Å². The lowest BCUT2D eigenvalue weighted by Gasteiger charge is -2.34. The summed E-state index contributed by atoms with van der Waals surface area (Å²) in [5, 5.41) is 19.6. The minimum Gasteiger partial charge on any atom is -0.390 e. The van der Waals surface area contributed by atoms with Gasteiger partial charge >= 0.3 is 0 Å². The van der Waals surface area contributed by atoms with Crippen molar-refractivity contribution in [2.45, 2.75) is 58.7 Å². The van der Waals surface area contributed by atoms with Crippen LogP contribution in [-0.4, -0.2) is 21.9 Å². The van der Waals surface area contributed by atoms with Crippen molar-refractivity contribution in [3.05, 3.63) is 0 Å². The molecule has 0 rings (SSSR count). The second-order valence-corrected chi connectivity index (χ2v) is 3.84. The number of hydrogen-bond acceptors (Lipinski definition) is 2. The van der Waals surface area contributed by atoms with E-state index in [4.69, 9.17) is 0 Å². The third kappa shape index (κ3) is 2.76. The Morgan fingerprint density at radius 1 is 1.33 bits per heavy atom. The molecule has 0 aromatic heterocycles. The molecule has 0 aliphatic heterocycles. The van der Waals surface area contributed by atoms with Gasteiger partial charge in [-0.05, 0) is 19.3 Å². The molecule has 0 aliphatic carbocycles. The molecule has 2 nitrogen and oxygen atoms in total. The fourth-order valence-electron chi connectivity index (χ4n) is 1.31. The predicted molar refractivity (Wildman–Crippen MR) is 51.0 cm³/mol. The second kappa shape index (κ2) is 4.83. The van der Waals surface area contributed by atoms with Crippen LogP contribution < -0.4 is 0 Å². The summed E-state index contributed by atoms with van der Waals surface area (Å²) in [4.78, 5) is 0. The monoisotopic (exact) mass is 174 g/mol. The van der Waals surface area contributed by atoms with Crippen molar-refractivity contribution in [3.63, 3.8) is 0 Å². The average Bonchev–Trinajstić information content (AvgIpc) is 2.03. The van der Waals surface area contributed by atoms with E-state index >= 15 is 0 Å². The van der Waals surface area contributed by atoms with Gasteiger partial charge in [-0.2, -0.15) is 0 Å². The lowest BCUT2D eigenvalue weighted by molar-refractivity contribution is -0.0998. The summed E-state index contributed by atoms with van der Waals surface area (Å²) < 4.78 is 0. The van der Waals surface area contributed by atoms with Crippen molar-refractivity contribution in [3.8, 4) is 0 Å². The fourth-order valence-corrected chi connectivity index (χ4v) is 1.31. The van der Waals surface area contributed by atoms with E-state index in [1.54, 1.807) is 6.92 Å². The van der Waals surface area contributed by atoms with Crippen LogP contribution in [0.15, 0.2) is 0 Å². The van der Waals surface area contributed by atoms with Gasteiger partial charge in [0.1, 0.15) is 0 Å². The Morgan fingerprint density at radius 3 is 2.17 bits per heavy atom. The zero-order valence-corrected chi connectivity index (χ0v) is 8.67. The first-order chi connectivity index (χ1) is 5.46. The first-order valence-corrected chi connectivity index (χ1v) is 4.87. The minimum atomic E-state index is -0.926. The Kier molecular flexibility index (Phi) is 4.80. The molecule has 12 heavy (non-hydrogen) atoms. The van der Waals surface area contributed by atoms with E-state index in [1.165, 1.54) is 0 Å². The molecule has 0 aliphatic rings. The molecule has 0 saturated carbocycles. The SMILES string of the molecule is CCCC(O)C(C)(O)C(C)CC. The summed E-state index contributed by atoms with van der Waals surface area (Å²) in [6.45, 7) is 7.73. The van der Waals surface area contributed by atoms with Gasteiger partial charge in [-0.1, -0.05) is 33.6 Å². The zero-order valence-electron chi connectivity index (χ0n) is 8.67. The van der Waals surface area contributed by atoms with Gasteiger partial charge in [-0.25, -0.2) is 0 Å². The number of rotatable bonds is 5. The highest BCUT2D eigenvalue weighted by Gasteiger charge is 2.34. The van der Waals surface area contributed by atoms with Gasteiger partial charge in [0.15, 0.2) is 0 Å². The Labute approximate surface area is 75.6 Å². The molecule has 0 spiro atoms. The third-order valence-corrected chi connectivity index (χ3v) is 2.85. The van der Waals surface area contributed by atoms with Crippen molar-refractivity contribution >= 4 is 0 Å². The Morgan fingerprint density at radius 2 is 1.83 bits per heavy atom. The molecular weight excluding hydrogens is 152 g/mol. The topological polar surface area (TPSA) is 40.5 Å². The molecule has 0 fully saturated rings. The summed E-state index contributed by atoms with van der Waals surface area (Å²) >= 11 is 0. The maximum atomic E-state index is 9.93. The molecule has 0 aromatic rings. The van der Waals surface area contributed by atoms with E-state index in [0.717, 1.165) is 12.8 Å². The summed E-state index contributed by atoms with van der Waals surface area (Å²) in [5.74, 6) is 0.152. The van der Waals surface area contributed by atoms with E-state index in [0.29, 0.717) is 6.42 Å². The van der Waals surface area contributed by atoms with Gasteiger partial charge < -0.3 is 10.2 Å². The number of aliphatic hydroxyl groups is 2. The lowest BCUT2D eigenvalue weighted by atomic mass is 9.82. The van der Waals surface area contributed by atoms with Crippen LogP contribution in [0.4, 0.5) is 0 Å². The molecule has 0 amide bonds. The third-order valence-electron chi connectivity index (χ3n) is 2.85. The van der Waals surface area contributed by atoms with E-state index in [2.05, 4.69) is 0 Å². The number of aliphatic hydroxyl groups excluding tert-OH is 1. The molecule has 0 bridgehead atoms. The van der Waals surface area contributed by atoms with Crippen molar-refractivity contribution in [2.75, 3.05) is 0 Å². The molecule has 3 atom stereocenters. The Balaban J connectivity index is 4.16. The molecule has 74 valence electrons. The second-order valence-electron chi connectivity index (χ2n) is 3.84. The minimum absolute atomic E-state index is 0.152. The molecule has 0 heterocycles. The highest BCUT2D eigenvalue weighted by atomic mass is 16.3. The van der Waals surface area contributed by atoms with Crippen molar-refractivity contribution < 1.29 is 10.2 Å². The number of hydrogen-bond donors (Lipinski definition) is 2. The lowest BCUT2D eigenvalue weighted by Crippen LogP contribution is -2.44. The normalized spacial score (nSPS) is 21.5. The summed E-state index contributed by atoms with van der Waals surface area (Å²) in [5.41, 5.74) is -0.926. The fraction of sp³-hybridized carbons (Fsp3) is 1.00. The molecule has 2 N–H and O–H groups in total. The van der Waals surface area contributed by atoms with E-state index in [-0.39, 0.29) is 5.92 Å². The van der Waals surface area contributed by atoms with Crippen LogP contribution in [0.1, 0.15) is 47.0 Å². The summed E-state index contributed by atoms with van der Waals surface area (Å²) in [7, 11) is 0. The van der Waals surface area contributed by atoms with Gasteiger partial charge in [0.05, 0.1) is 11.7 Å². The van der Waals surface area contributed by atoms with E-state index in [9.17, 15) is 10.2 Å². The standard InChI is InChI=1S/C10H22O2/c1-5-7-9(11)10(4,12)8(3)6-2/h8-9,11-12H,5-7H2,1-4H3. The van der Waals surface area contributed by atoms with Gasteiger partial charge in [-0.15, -0.1) is 0 Å². The van der Waals surface area contributed by atoms with Crippen LogP contribution in [-0.2, 0) is 0 Å². The van der Waals surface area contributed by atoms with E-state index < -0.39 is 11.7 Å². The first kappa shape index (κ1) is 11.9. The maximum Gasteiger partial charge on any atom is 0.0902 e. The summed E-state index contributed by atoms with van der Waals surface area (Å²) in [6.07, 6.45) is 1.90. The molecule has 0 aromatic carbocycles. The van der Waals surface area contributed by atoms with Crippen molar-refractivity contribution in [2.24, 2.45) is 5.92 Å². The van der Waals surface area contributed by atoms with Crippen LogP contribution in [0.25, 0.3) is 0 Å². The summed E-state index contributed by atoms with van der Waals surface area (Å²) in [6, 6.07) is 0. The van der Waals surface area contributed by atoms with Crippen LogP contribution in [0.5, 0.6) is 0 Å². The van der Waals surface area contributed by atoms with Gasteiger partial charge in [0.2, 0.25) is 0 Å². The molecule has 2 heteroatoms. The Bertz CT molecular complexity index is 121. The maximum absolute atomic E-state index is 9.93. The van der Waals surface area contributed by atoms with Crippen molar-refractivity contribution in [1.82, 2.24) is 0 Å². The average molecular weight is 174 g/mol. The molecular formula is C10H22O2. The first-order valence-electron chi connectivity index (χ1n) is 4.87. The highest BCUT2D eigenvalue weighted by Crippen LogP contribution is 2.25. The predicted octanol–water partition coefficient (Wildman–Crippen LogP) is 1.94. The quantitative estimate of drug-likeness (QED) is 0.668. The largest absolute Gasteiger partial charge is 0.390 e. The van der Waals surface area contributed by atoms with Crippen LogP contribution in [0.2, 0.25) is 0 Å². The Hall–Kier alpha value is -0.0800. The molecule has 0 saturated heterocycles. The highest BCUT2D eigenvalue weighted by molar-refractivity contribution is 4.85. The zero-order chi connectivity index (χ0) is 9.78.